The van der Waals surface area contributed by atoms with Gasteiger partial charge >= 0.3 is 0 Å². The first-order chi connectivity index (χ1) is 5.53. The Morgan fingerprint density at radius 1 is 1.25 bits per heavy atom. The number of hydrogen-bond donors (Lipinski definition) is 0. The van der Waals surface area contributed by atoms with E-state index in [0.717, 1.165) is 24.2 Å². The molecule has 1 heteroatoms. The SMILES string of the molecule is C=C(C)C(=C)OC1(C)CCCC1. The Hall–Kier alpha value is -0.720. The molecule has 0 saturated heterocycles. The molecule has 0 unspecified atom stereocenters. The van der Waals surface area contributed by atoms with E-state index < -0.39 is 0 Å². The summed E-state index contributed by atoms with van der Waals surface area (Å²) in [6.07, 6.45) is 4.86. The third-order valence-electron chi connectivity index (χ3n) is 2.51. The molecule has 0 amide bonds. The lowest BCUT2D eigenvalue weighted by molar-refractivity contribution is 0.0300. The lowest BCUT2D eigenvalue weighted by atomic mass is 10.1. The van der Waals surface area contributed by atoms with Gasteiger partial charge in [0.2, 0.25) is 0 Å². The minimum Gasteiger partial charge on any atom is -0.488 e. The van der Waals surface area contributed by atoms with Gasteiger partial charge in [-0.2, -0.15) is 0 Å². The van der Waals surface area contributed by atoms with Crippen LogP contribution >= 0.6 is 0 Å². The smallest absolute Gasteiger partial charge is 0.115 e. The topological polar surface area (TPSA) is 9.23 Å². The van der Waals surface area contributed by atoms with Gasteiger partial charge in [0, 0.05) is 0 Å². The van der Waals surface area contributed by atoms with Crippen molar-refractivity contribution in [1.29, 1.82) is 0 Å². The predicted octanol–water partition coefficient (Wildman–Crippen LogP) is 3.43. The molecule has 0 aromatic heterocycles. The van der Waals surface area contributed by atoms with E-state index in [1.807, 2.05) is 6.92 Å². The Bertz CT molecular complexity index is 197. The van der Waals surface area contributed by atoms with Crippen molar-refractivity contribution in [2.75, 3.05) is 0 Å². The van der Waals surface area contributed by atoms with Gasteiger partial charge in [-0.15, -0.1) is 0 Å². The molecule has 0 spiro atoms. The van der Waals surface area contributed by atoms with Crippen LogP contribution in [-0.2, 0) is 4.74 Å². The second kappa shape index (κ2) is 3.34. The lowest BCUT2D eigenvalue weighted by Gasteiger charge is -2.26. The Morgan fingerprint density at radius 2 is 1.75 bits per heavy atom. The first kappa shape index (κ1) is 9.37. The van der Waals surface area contributed by atoms with Gasteiger partial charge in [0.05, 0.1) is 0 Å². The molecule has 0 heterocycles. The fraction of sp³-hybridized carbons (Fsp3) is 0.636. The van der Waals surface area contributed by atoms with Crippen LogP contribution in [0.2, 0.25) is 0 Å². The number of rotatable bonds is 3. The van der Waals surface area contributed by atoms with E-state index in [-0.39, 0.29) is 5.60 Å². The average Bonchev–Trinajstić information content (AvgIpc) is 2.35. The van der Waals surface area contributed by atoms with E-state index in [1.165, 1.54) is 12.8 Å². The van der Waals surface area contributed by atoms with Crippen LogP contribution in [0.3, 0.4) is 0 Å². The fourth-order valence-corrected chi connectivity index (χ4v) is 1.61. The zero-order chi connectivity index (χ0) is 9.19. The summed E-state index contributed by atoms with van der Waals surface area (Å²) >= 11 is 0. The first-order valence-corrected chi connectivity index (χ1v) is 4.57. The van der Waals surface area contributed by atoms with Crippen LogP contribution in [0.4, 0.5) is 0 Å². The zero-order valence-corrected chi connectivity index (χ0v) is 8.15. The largest absolute Gasteiger partial charge is 0.488 e. The van der Waals surface area contributed by atoms with Crippen molar-refractivity contribution in [2.45, 2.75) is 45.1 Å². The van der Waals surface area contributed by atoms with Crippen LogP contribution in [0, 0.1) is 0 Å². The fourth-order valence-electron chi connectivity index (χ4n) is 1.61. The standard InChI is InChI=1S/C11H18O/c1-9(2)10(3)12-11(4)7-5-6-8-11/h1,3,5-8H2,2,4H3. The van der Waals surface area contributed by atoms with Crippen molar-refractivity contribution in [1.82, 2.24) is 0 Å². The summed E-state index contributed by atoms with van der Waals surface area (Å²) in [6, 6.07) is 0. The third-order valence-corrected chi connectivity index (χ3v) is 2.51. The van der Waals surface area contributed by atoms with Crippen molar-refractivity contribution in [3.8, 4) is 0 Å². The summed E-state index contributed by atoms with van der Waals surface area (Å²) in [5.41, 5.74) is 0.971. The molecule has 0 aromatic carbocycles. The minimum absolute atomic E-state index is 0.0377. The van der Waals surface area contributed by atoms with Gasteiger partial charge in [0.25, 0.3) is 0 Å². The van der Waals surface area contributed by atoms with Crippen LogP contribution < -0.4 is 0 Å². The van der Waals surface area contributed by atoms with Gasteiger partial charge in [0.1, 0.15) is 11.4 Å². The highest BCUT2D eigenvalue weighted by Gasteiger charge is 2.30. The molecule has 0 aromatic rings. The summed E-state index contributed by atoms with van der Waals surface area (Å²) in [5, 5.41) is 0. The Kier molecular flexibility index (Phi) is 2.61. The summed E-state index contributed by atoms with van der Waals surface area (Å²) in [5.74, 6) is 0.749. The van der Waals surface area contributed by atoms with Crippen LogP contribution in [0.5, 0.6) is 0 Å². The molecule has 0 bridgehead atoms. The minimum atomic E-state index is 0.0377. The molecule has 12 heavy (non-hydrogen) atoms. The second-order valence-corrected chi connectivity index (χ2v) is 3.96. The van der Waals surface area contributed by atoms with Crippen LogP contribution in [-0.4, -0.2) is 5.60 Å². The maximum Gasteiger partial charge on any atom is 0.115 e. The van der Waals surface area contributed by atoms with Gasteiger partial charge in [-0.05, 0) is 45.1 Å². The summed E-state index contributed by atoms with van der Waals surface area (Å²) in [6.45, 7) is 11.7. The predicted molar refractivity (Wildman–Crippen MR) is 51.9 cm³/mol. The molecule has 1 aliphatic carbocycles. The molecule has 1 fully saturated rings. The van der Waals surface area contributed by atoms with E-state index >= 15 is 0 Å². The number of allylic oxidation sites excluding steroid dienone is 1. The summed E-state index contributed by atoms with van der Waals surface area (Å²) in [4.78, 5) is 0. The van der Waals surface area contributed by atoms with E-state index in [9.17, 15) is 0 Å². The Morgan fingerprint density at radius 3 is 2.17 bits per heavy atom. The number of hydrogen-bond acceptors (Lipinski definition) is 1. The number of ether oxygens (including phenoxy) is 1. The molecule has 0 radical (unpaired) electrons. The van der Waals surface area contributed by atoms with E-state index in [1.54, 1.807) is 0 Å². The molecule has 68 valence electrons. The van der Waals surface area contributed by atoms with Crippen LogP contribution in [0.15, 0.2) is 24.5 Å². The van der Waals surface area contributed by atoms with Crippen molar-refractivity contribution in [3.05, 3.63) is 24.5 Å². The van der Waals surface area contributed by atoms with Gasteiger partial charge in [0.15, 0.2) is 0 Å². The van der Waals surface area contributed by atoms with Gasteiger partial charge in [-0.25, -0.2) is 0 Å². The van der Waals surface area contributed by atoms with Gasteiger partial charge < -0.3 is 4.74 Å². The highest BCUT2D eigenvalue weighted by atomic mass is 16.5. The molecule has 0 aliphatic heterocycles. The molecule has 1 rings (SSSR count). The van der Waals surface area contributed by atoms with Gasteiger partial charge in [-0.3, -0.25) is 0 Å². The van der Waals surface area contributed by atoms with E-state index in [4.69, 9.17) is 4.74 Å². The van der Waals surface area contributed by atoms with Crippen LogP contribution in [0.1, 0.15) is 39.5 Å². The lowest BCUT2D eigenvalue weighted by Crippen LogP contribution is -2.23. The Labute approximate surface area is 75.1 Å². The van der Waals surface area contributed by atoms with Crippen molar-refractivity contribution >= 4 is 0 Å². The van der Waals surface area contributed by atoms with Crippen molar-refractivity contribution in [2.24, 2.45) is 0 Å². The second-order valence-electron chi connectivity index (χ2n) is 3.96. The van der Waals surface area contributed by atoms with Crippen LogP contribution in [0.25, 0.3) is 0 Å². The normalized spacial score (nSPS) is 20.5. The molecule has 1 saturated carbocycles. The van der Waals surface area contributed by atoms with E-state index in [0.29, 0.717) is 0 Å². The summed E-state index contributed by atoms with van der Waals surface area (Å²) < 4.78 is 5.77. The van der Waals surface area contributed by atoms with Crippen molar-refractivity contribution < 1.29 is 4.74 Å². The molecule has 0 N–H and O–H groups in total. The maximum absolute atomic E-state index is 5.77. The third kappa shape index (κ3) is 2.13. The van der Waals surface area contributed by atoms with Gasteiger partial charge in [-0.1, -0.05) is 13.2 Å². The molecule has 0 atom stereocenters. The highest BCUT2D eigenvalue weighted by molar-refractivity contribution is 5.17. The quantitative estimate of drug-likeness (QED) is 0.461. The molecule has 1 nitrogen and oxygen atoms in total. The molecular formula is C11H18O. The first-order valence-electron chi connectivity index (χ1n) is 4.57. The molecular weight excluding hydrogens is 148 g/mol. The van der Waals surface area contributed by atoms with Crippen molar-refractivity contribution in [3.63, 3.8) is 0 Å². The average molecular weight is 166 g/mol. The molecule has 1 aliphatic rings. The highest BCUT2D eigenvalue weighted by Crippen LogP contribution is 2.34. The maximum atomic E-state index is 5.77. The Balaban J connectivity index is 2.49. The summed E-state index contributed by atoms with van der Waals surface area (Å²) in [7, 11) is 0. The monoisotopic (exact) mass is 166 g/mol. The zero-order valence-electron chi connectivity index (χ0n) is 8.15. The van der Waals surface area contributed by atoms with E-state index in [2.05, 4.69) is 20.1 Å².